The molecule has 32 heavy (non-hydrogen) atoms. The van der Waals surface area contributed by atoms with Gasteiger partial charge in [-0.1, -0.05) is 66.4 Å². The quantitative estimate of drug-likeness (QED) is 0.190. The normalized spacial score (nSPS) is 23.8. The van der Waals surface area contributed by atoms with Gasteiger partial charge < -0.3 is 8.85 Å². The van der Waals surface area contributed by atoms with Crippen LogP contribution in [0.15, 0.2) is 23.8 Å². The van der Waals surface area contributed by atoms with E-state index in [0.29, 0.717) is 31.4 Å². The van der Waals surface area contributed by atoms with Crippen molar-refractivity contribution in [3.63, 3.8) is 0 Å². The van der Waals surface area contributed by atoms with E-state index < -0.39 is 0 Å². The molecule has 1 aromatic rings. The van der Waals surface area contributed by atoms with Crippen molar-refractivity contribution in [2.45, 2.75) is 97.6 Å². The van der Waals surface area contributed by atoms with Crippen molar-refractivity contribution in [2.75, 3.05) is 0 Å². The third-order valence-electron chi connectivity index (χ3n) is 7.99. The molecule has 1 fully saturated rings. The van der Waals surface area contributed by atoms with Crippen molar-refractivity contribution < 1.29 is 13.6 Å². The fraction of sp³-hybridized carbons (Fsp3) is 0.667. The molecule has 4 radical (unpaired) electrons. The average Bonchev–Trinajstić information content (AvgIpc) is 2.76. The number of hydrogen-bond acceptors (Lipinski definition) is 3. The molecule has 2 unspecified atom stereocenters. The number of hydrogen-bond donors (Lipinski definition) is 0. The monoisotopic (exact) mass is 468 g/mol. The van der Waals surface area contributed by atoms with Gasteiger partial charge in [0.2, 0.25) is 0 Å². The summed E-state index contributed by atoms with van der Waals surface area (Å²) in [5.74, 6) is 2.96. The van der Waals surface area contributed by atoms with Crippen LogP contribution in [-0.4, -0.2) is 25.8 Å². The Hall–Kier alpha value is -1.34. The molecule has 2 bridgehead atoms. The number of carbonyl (C=O) groups excluding carboxylic acids is 1. The summed E-state index contributed by atoms with van der Waals surface area (Å²) in [7, 11) is 0.733. The van der Waals surface area contributed by atoms with Gasteiger partial charge in [0, 0.05) is 11.5 Å². The topological polar surface area (TPSA) is 35.5 Å². The van der Waals surface area contributed by atoms with E-state index in [1.54, 1.807) is 0 Å². The maximum absolute atomic E-state index is 11.9. The molecule has 0 amide bonds. The van der Waals surface area contributed by atoms with Crippen molar-refractivity contribution in [2.24, 2.45) is 17.3 Å². The SMILES string of the molecule is CCCCCCC(C)(C)c1cc(O[Si]C)c([C@H]2C=C(C=O)C3CC2C3(C)C)c(O[Si]C)c1. The van der Waals surface area contributed by atoms with Crippen molar-refractivity contribution in [1.29, 1.82) is 0 Å². The van der Waals surface area contributed by atoms with Gasteiger partial charge in [0.05, 0.1) is 0 Å². The Morgan fingerprint density at radius 1 is 1.09 bits per heavy atom. The number of benzene rings is 1. The molecule has 3 aliphatic rings. The maximum Gasteiger partial charge on any atom is 0.307 e. The van der Waals surface area contributed by atoms with E-state index in [2.05, 4.69) is 65.9 Å². The first-order chi connectivity index (χ1) is 15.2. The van der Waals surface area contributed by atoms with Gasteiger partial charge in [0.1, 0.15) is 17.8 Å². The van der Waals surface area contributed by atoms with E-state index in [0.717, 1.165) is 41.8 Å². The van der Waals surface area contributed by atoms with Gasteiger partial charge in [-0.25, -0.2) is 0 Å². The highest BCUT2D eigenvalue weighted by molar-refractivity contribution is 6.26. The summed E-state index contributed by atoms with van der Waals surface area (Å²) in [6, 6.07) is 4.53. The van der Waals surface area contributed by atoms with Crippen LogP contribution in [0.25, 0.3) is 0 Å². The van der Waals surface area contributed by atoms with E-state index >= 15 is 0 Å². The predicted octanol–water partition coefficient (Wildman–Crippen LogP) is 6.91. The van der Waals surface area contributed by atoms with Gasteiger partial charge in [-0.3, -0.25) is 4.79 Å². The molecule has 1 saturated carbocycles. The highest BCUT2D eigenvalue weighted by atomic mass is 28.2. The fourth-order valence-corrected chi connectivity index (χ4v) is 6.60. The maximum atomic E-state index is 11.9. The molecule has 174 valence electrons. The number of carbonyl (C=O) groups is 1. The second-order valence-corrected chi connectivity index (χ2v) is 11.9. The van der Waals surface area contributed by atoms with Crippen LogP contribution in [0.4, 0.5) is 0 Å². The minimum Gasteiger partial charge on any atom is -0.541 e. The van der Waals surface area contributed by atoms with E-state index in [-0.39, 0.29) is 16.7 Å². The standard InChI is InChI=1S/C27H40O3Si2/c1-8-9-10-11-12-26(2,3)19-14-23(29-31-6)25(24(15-19)30-32-7)20-13-18(17-28)21-16-22(20)27(21,4)5/h13-15,17,20-22H,8-12,16H2,1-7H3/t20-,21?,22?/m0/s1. The average molecular weight is 469 g/mol. The van der Waals surface area contributed by atoms with Gasteiger partial charge in [-0.15, -0.1) is 0 Å². The highest BCUT2D eigenvalue weighted by Crippen LogP contribution is 2.64. The lowest BCUT2D eigenvalue weighted by Crippen LogP contribution is -2.51. The van der Waals surface area contributed by atoms with Gasteiger partial charge in [-0.05, 0) is 71.9 Å². The molecular weight excluding hydrogens is 428 g/mol. The summed E-state index contributed by atoms with van der Waals surface area (Å²) in [5, 5.41) is 0. The van der Waals surface area contributed by atoms with Crippen molar-refractivity contribution in [3.8, 4) is 11.5 Å². The van der Waals surface area contributed by atoms with E-state index in [9.17, 15) is 4.79 Å². The zero-order chi connectivity index (χ0) is 23.5. The summed E-state index contributed by atoms with van der Waals surface area (Å²) in [6.07, 6.45) is 10.6. The smallest absolute Gasteiger partial charge is 0.307 e. The Balaban J connectivity index is 2.05. The Bertz CT molecular complexity index is 816. The first-order valence-corrected chi connectivity index (χ1v) is 15.0. The van der Waals surface area contributed by atoms with Crippen molar-refractivity contribution >= 4 is 25.8 Å². The Morgan fingerprint density at radius 2 is 1.72 bits per heavy atom. The largest absolute Gasteiger partial charge is 0.541 e. The first kappa shape index (κ1) is 25.3. The number of aldehydes is 1. The number of fused-ring (bicyclic) bond motifs is 1. The van der Waals surface area contributed by atoms with Crippen LogP contribution in [0.2, 0.25) is 13.1 Å². The van der Waals surface area contributed by atoms with E-state index in [4.69, 9.17) is 8.85 Å². The lowest BCUT2D eigenvalue weighted by molar-refractivity contribution is -0.108. The molecular formula is C27H40O3Si2. The molecule has 0 spiro atoms. The molecule has 0 N–H and O–H groups in total. The van der Waals surface area contributed by atoms with Crippen LogP contribution in [-0.2, 0) is 10.2 Å². The Kier molecular flexibility index (Phi) is 8.13. The Morgan fingerprint density at radius 3 is 2.22 bits per heavy atom. The summed E-state index contributed by atoms with van der Waals surface area (Å²) in [5.41, 5.74) is 3.59. The first-order valence-electron chi connectivity index (χ1n) is 12.2. The van der Waals surface area contributed by atoms with Crippen molar-refractivity contribution in [1.82, 2.24) is 0 Å². The summed E-state index contributed by atoms with van der Waals surface area (Å²) >= 11 is 0. The third kappa shape index (κ3) is 4.79. The van der Waals surface area contributed by atoms with E-state index in [1.165, 1.54) is 31.2 Å². The summed E-state index contributed by atoms with van der Waals surface area (Å²) in [4.78, 5) is 11.9. The third-order valence-corrected chi connectivity index (χ3v) is 8.83. The van der Waals surface area contributed by atoms with Gasteiger partial charge in [0.15, 0.2) is 0 Å². The second-order valence-electron chi connectivity index (χ2n) is 10.7. The van der Waals surface area contributed by atoms with Crippen LogP contribution >= 0.6 is 0 Å². The predicted molar refractivity (Wildman–Crippen MR) is 135 cm³/mol. The number of allylic oxidation sites excluding steroid dienone is 2. The van der Waals surface area contributed by atoms with Crippen LogP contribution in [0.5, 0.6) is 11.5 Å². The second kappa shape index (κ2) is 10.3. The highest BCUT2D eigenvalue weighted by Gasteiger charge is 2.56. The number of unbranched alkanes of at least 4 members (excludes halogenated alkanes) is 3. The van der Waals surface area contributed by atoms with Gasteiger partial charge >= 0.3 is 19.5 Å². The van der Waals surface area contributed by atoms with Crippen LogP contribution < -0.4 is 8.85 Å². The summed E-state index contributed by atoms with van der Waals surface area (Å²) in [6.45, 7) is 15.7. The minimum absolute atomic E-state index is 0.0629. The Labute approximate surface area is 200 Å². The zero-order valence-corrected chi connectivity index (χ0v) is 23.0. The molecule has 0 heterocycles. The molecule has 0 saturated heterocycles. The lowest BCUT2D eigenvalue weighted by Gasteiger charge is -2.58. The molecule has 3 atom stereocenters. The summed E-state index contributed by atoms with van der Waals surface area (Å²) < 4.78 is 12.6. The lowest BCUT2D eigenvalue weighted by atomic mass is 9.45. The van der Waals surface area contributed by atoms with Gasteiger partial charge in [0.25, 0.3) is 0 Å². The number of rotatable bonds is 12. The zero-order valence-electron chi connectivity index (χ0n) is 21.0. The van der Waals surface area contributed by atoms with E-state index in [1.807, 2.05) is 0 Å². The molecule has 0 aliphatic heterocycles. The molecule has 1 aromatic carbocycles. The fourth-order valence-electron chi connectivity index (χ4n) is 5.83. The van der Waals surface area contributed by atoms with Gasteiger partial charge in [-0.2, -0.15) is 0 Å². The van der Waals surface area contributed by atoms with Crippen LogP contribution in [0, 0.1) is 17.3 Å². The molecule has 3 nitrogen and oxygen atoms in total. The van der Waals surface area contributed by atoms with Crippen LogP contribution in [0.3, 0.4) is 0 Å². The van der Waals surface area contributed by atoms with Crippen LogP contribution in [0.1, 0.15) is 90.2 Å². The molecule has 0 aromatic heterocycles. The van der Waals surface area contributed by atoms with Crippen molar-refractivity contribution in [3.05, 3.63) is 34.9 Å². The molecule has 4 rings (SSSR count). The minimum atomic E-state index is 0.0629. The molecule has 3 aliphatic carbocycles. The molecule has 5 heteroatoms.